The number of fused-ring (bicyclic) bond motifs is 1. The summed E-state index contributed by atoms with van der Waals surface area (Å²) in [5, 5.41) is 11.2. The van der Waals surface area contributed by atoms with Crippen LogP contribution in [0.1, 0.15) is 25.0 Å². The van der Waals surface area contributed by atoms with E-state index in [-0.39, 0.29) is 5.82 Å². The Kier molecular flexibility index (Phi) is 9.59. The fourth-order valence-electron chi connectivity index (χ4n) is 3.78. The second kappa shape index (κ2) is 12.2. The molecule has 0 amide bonds. The maximum atomic E-state index is 13.9. The van der Waals surface area contributed by atoms with Gasteiger partial charge in [0.05, 0.1) is 23.3 Å². The van der Waals surface area contributed by atoms with Gasteiger partial charge in [-0.15, -0.1) is 0 Å². The van der Waals surface area contributed by atoms with Crippen molar-refractivity contribution in [1.29, 1.82) is 5.26 Å². The van der Waals surface area contributed by atoms with Crippen molar-refractivity contribution >= 4 is 32.8 Å². The molecule has 0 aliphatic rings. The number of halogens is 1. The number of thioether (sulfide) groups is 1. The van der Waals surface area contributed by atoms with Crippen LogP contribution in [0.15, 0.2) is 29.6 Å². The van der Waals surface area contributed by atoms with Crippen molar-refractivity contribution in [3.8, 4) is 17.3 Å². The maximum absolute atomic E-state index is 13.9. The van der Waals surface area contributed by atoms with Gasteiger partial charge in [-0.2, -0.15) is 5.26 Å². The van der Waals surface area contributed by atoms with Gasteiger partial charge >= 0.3 is 0 Å². The average molecular weight is 518 g/mol. The molecular formula is C26H36FN5OS2. The van der Waals surface area contributed by atoms with E-state index >= 15 is 0 Å². The smallest absolute Gasteiger partial charge is 0.190 e. The highest BCUT2D eigenvalue weighted by Gasteiger charge is 2.20. The Hall–Kier alpha value is -2.12. The molecular weight excluding hydrogens is 481 g/mol. The molecule has 1 aromatic carbocycles. The molecule has 3 rings (SSSR count). The first-order chi connectivity index (χ1) is 16.7. The molecule has 0 aliphatic carbocycles. The van der Waals surface area contributed by atoms with Crippen LogP contribution in [0.25, 0.3) is 22.3 Å². The topological polar surface area (TPSA) is 67.0 Å². The number of rotatable bonds is 12. The van der Waals surface area contributed by atoms with Gasteiger partial charge in [-0.05, 0) is 62.5 Å². The van der Waals surface area contributed by atoms with E-state index in [9.17, 15) is 9.65 Å². The van der Waals surface area contributed by atoms with Crippen LogP contribution in [0, 0.1) is 24.1 Å². The van der Waals surface area contributed by atoms with Crippen LogP contribution in [-0.4, -0.2) is 75.9 Å². The Morgan fingerprint density at radius 3 is 2.57 bits per heavy atom. The summed E-state index contributed by atoms with van der Waals surface area (Å²) < 4.78 is 21.7. The number of ether oxygens (including phenoxy) is 1. The fraction of sp³-hybridized carbons (Fsp3) is 0.500. The van der Waals surface area contributed by atoms with Crippen molar-refractivity contribution in [3.05, 3.63) is 41.3 Å². The summed E-state index contributed by atoms with van der Waals surface area (Å²) in [6, 6.07) is 6.97. The number of nitrogens with zero attached hydrogens (tertiary/aromatic N) is 5. The van der Waals surface area contributed by atoms with E-state index in [1.54, 1.807) is 24.0 Å². The minimum absolute atomic E-state index is 0.294. The second-order valence-corrected chi connectivity index (χ2v) is 15.0. The largest absolute Gasteiger partial charge is 0.360 e. The lowest BCUT2D eigenvalue weighted by Gasteiger charge is -2.24. The number of hydrogen-bond donors (Lipinski definition) is 0. The molecule has 0 saturated carbocycles. The molecule has 0 fully saturated rings. The van der Waals surface area contributed by atoms with E-state index in [1.165, 1.54) is 12.1 Å². The predicted molar refractivity (Wildman–Crippen MR) is 147 cm³/mol. The second-order valence-electron chi connectivity index (χ2n) is 9.34. The quantitative estimate of drug-likeness (QED) is 0.179. The van der Waals surface area contributed by atoms with Crippen LogP contribution in [0.4, 0.5) is 4.39 Å². The molecule has 2 aromatic heterocycles. The first-order valence-electron chi connectivity index (χ1n) is 11.8. The Morgan fingerprint density at radius 2 is 1.94 bits per heavy atom. The third-order valence-corrected chi connectivity index (χ3v) is 8.08. The Morgan fingerprint density at radius 1 is 1.20 bits per heavy atom. The van der Waals surface area contributed by atoms with Crippen molar-refractivity contribution < 1.29 is 9.13 Å². The first-order valence-corrected chi connectivity index (χ1v) is 15.8. The zero-order valence-corrected chi connectivity index (χ0v) is 23.2. The number of hydrogen-bond acceptors (Lipinski definition) is 6. The van der Waals surface area contributed by atoms with Crippen molar-refractivity contribution in [2.75, 3.05) is 56.5 Å². The molecule has 0 radical (unpaired) electrons. The van der Waals surface area contributed by atoms with Gasteiger partial charge in [0.1, 0.15) is 24.3 Å². The van der Waals surface area contributed by atoms with E-state index in [0.29, 0.717) is 40.8 Å². The minimum atomic E-state index is -0.650. The molecule has 0 N–H and O–H groups in total. The van der Waals surface area contributed by atoms with Gasteiger partial charge in [0.2, 0.25) is 0 Å². The van der Waals surface area contributed by atoms with Gasteiger partial charge in [-0.25, -0.2) is 24.4 Å². The van der Waals surface area contributed by atoms with Gasteiger partial charge in [-0.1, -0.05) is 25.6 Å². The van der Waals surface area contributed by atoms with E-state index in [2.05, 4.69) is 43.6 Å². The highest BCUT2D eigenvalue weighted by molar-refractivity contribution is 8.32. The lowest BCUT2D eigenvalue weighted by Crippen LogP contribution is -2.25. The highest BCUT2D eigenvalue weighted by atomic mass is 32.3. The van der Waals surface area contributed by atoms with Gasteiger partial charge in [0.25, 0.3) is 0 Å². The molecule has 190 valence electrons. The summed E-state index contributed by atoms with van der Waals surface area (Å²) in [6.07, 6.45) is 8.58. The molecule has 9 heteroatoms. The highest BCUT2D eigenvalue weighted by Crippen LogP contribution is 2.35. The molecule has 35 heavy (non-hydrogen) atoms. The van der Waals surface area contributed by atoms with Crippen molar-refractivity contribution in [2.24, 2.45) is 0 Å². The molecule has 2 heterocycles. The maximum Gasteiger partial charge on any atom is 0.190 e. The molecule has 0 bridgehead atoms. The molecule has 0 aliphatic heterocycles. The van der Waals surface area contributed by atoms with Crippen molar-refractivity contribution in [2.45, 2.75) is 32.7 Å². The van der Waals surface area contributed by atoms with Crippen molar-refractivity contribution in [3.63, 3.8) is 0 Å². The lowest BCUT2D eigenvalue weighted by molar-refractivity contribution is 0.0923. The van der Waals surface area contributed by atoms with Crippen LogP contribution in [-0.2, 0) is 11.5 Å². The molecule has 0 saturated heterocycles. The lowest BCUT2D eigenvalue weighted by atomic mass is 10.0. The van der Waals surface area contributed by atoms with Crippen LogP contribution >= 0.6 is 21.8 Å². The predicted octanol–water partition coefficient (Wildman–Crippen LogP) is 5.52. The van der Waals surface area contributed by atoms with E-state index in [0.717, 1.165) is 42.3 Å². The first kappa shape index (κ1) is 27.5. The van der Waals surface area contributed by atoms with Gasteiger partial charge in [0, 0.05) is 29.8 Å². The number of aromatic nitrogens is 3. The summed E-state index contributed by atoms with van der Waals surface area (Å²) >= 11 is 1.60. The summed E-state index contributed by atoms with van der Waals surface area (Å²) in [5.41, 5.74) is 3.39. The van der Waals surface area contributed by atoms with E-state index in [4.69, 9.17) is 14.7 Å². The van der Waals surface area contributed by atoms with Gasteiger partial charge in [0.15, 0.2) is 5.16 Å². The van der Waals surface area contributed by atoms with Crippen LogP contribution in [0.5, 0.6) is 0 Å². The molecule has 0 unspecified atom stereocenters. The SMILES string of the molecule is CCN(CC)CCSc1nc(-c2ccc(F)cc2C)c2c(C#N)cn(COCCS(C)(C)C)c2n1. The summed E-state index contributed by atoms with van der Waals surface area (Å²) in [6.45, 7) is 10.1. The van der Waals surface area contributed by atoms with E-state index < -0.39 is 10.0 Å². The van der Waals surface area contributed by atoms with Crippen LogP contribution in [0.2, 0.25) is 0 Å². The third kappa shape index (κ3) is 7.20. The summed E-state index contributed by atoms with van der Waals surface area (Å²) in [4.78, 5) is 12.1. The number of aryl methyl sites for hydroxylation is 1. The molecule has 3 aromatic rings. The normalized spacial score (nSPS) is 12.4. The molecule has 0 spiro atoms. The van der Waals surface area contributed by atoms with Crippen LogP contribution < -0.4 is 0 Å². The van der Waals surface area contributed by atoms with Crippen molar-refractivity contribution in [1.82, 2.24) is 19.4 Å². The summed E-state index contributed by atoms with van der Waals surface area (Å²) in [7, 11) is -0.650. The monoisotopic (exact) mass is 517 g/mol. The zero-order chi connectivity index (χ0) is 25.6. The number of benzene rings is 1. The van der Waals surface area contributed by atoms with Crippen LogP contribution in [0.3, 0.4) is 0 Å². The van der Waals surface area contributed by atoms with E-state index in [1.807, 2.05) is 11.5 Å². The standard InChI is InChI=1S/C26H36FN5OS2/c1-7-31(8-2)11-13-34-26-29-24(22-10-9-21(27)15-19(22)3)23-20(16-28)17-32(25(23)30-26)18-33-12-14-35(4,5)6/h9-10,15,17H,7-8,11-14,18H2,1-6H3. The fourth-order valence-corrected chi connectivity index (χ4v) is 5.24. The Bertz CT molecular complexity index is 1200. The van der Waals surface area contributed by atoms with Gasteiger partial charge in [-0.3, -0.25) is 0 Å². The van der Waals surface area contributed by atoms with Gasteiger partial charge < -0.3 is 14.2 Å². The molecule has 6 nitrogen and oxygen atoms in total. The number of nitriles is 1. The summed E-state index contributed by atoms with van der Waals surface area (Å²) in [5.74, 6) is 1.57. The Balaban J connectivity index is 2.03. The Labute approximate surface area is 214 Å². The zero-order valence-electron chi connectivity index (χ0n) is 21.6. The minimum Gasteiger partial charge on any atom is -0.360 e. The average Bonchev–Trinajstić information content (AvgIpc) is 3.16. The molecule has 0 atom stereocenters. The third-order valence-electron chi connectivity index (χ3n) is 5.86.